The molecule has 0 amide bonds. The Kier molecular flexibility index (Phi) is 17.1. The Bertz CT molecular complexity index is 42.5. The van der Waals surface area contributed by atoms with E-state index in [9.17, 15) is 0 Å². The van der Waals surface area contributed by atoms with E-state index in [0.29, 0.717) is 0 Å². The summed E-state index contributed by atoms with van der Waals surface area (Å²) in [5, 5.41) is 0. The molecule has 0 saturated heterocycles. The minimum atomic E-state index is 0. The van der Waals surface area contributed by atoms with Gasteiger partial charge in [-0.1, -0.05) is 26.2 Å². The SMILES string of the molecule is CCCCCCOCC.[NaH]. The summed E-state index contributed by atoms with van der Waals surface area (Å²) in [6, 6.07) is 0. The molecule has 0 spiro atoms. The molecule has 10 heavy (non-hydrogen) atoms. The first-order valence-corrected chi connectivity index (χ1v) is 3.99. The van der Waals surface area contributed by atoms with Gasteiger partial charge < -0.3 is 4.74 Å². The zero-order valence-electron chi connectivity index (χ0n) is 6.65. The van der Waals surface area contributed by atoms with E-state index in [1.807, 2.05) is 6.92 Å². The molecular formula is C8H19NaO. The van der Waals surface area contributed by atoms with Gasteiger partial charge in [0, 0.05) is 13.2 Å². The first-order chi connectivity index (χ1) is 4.41. The van der Waals surface area contributed by atoms with E-state index < -0.39 is 0 Å². The number of unbranched alkanes of at least 4 members (excludes halogenated alkanes) is 3. The summed E-state index contributed by atoms with van der Waals surface area (Å²) >= 11 is 0. The van der Waals surface area contributed by atoms with Gasteiger partial charge in [0.05, 0.1) is 0 Å². The molecule has 0 aromatic carbocycles. The molecule has 58 valence electrons. The summed E-state index contributed by atoms with van der Waals surface area (Å²) in [6.45, 7) is 6.09. The van der Waals surface area contributed by atoms with Crippen LogP contribution in [-0.4, -0.2) is 42.8 Å². The Morgan fingerprint density at radius 3 is 2.20 bits per heavy atom. The van der Waals surface area contributed by atoms with Gasteiger partial charge in [0.15, 0.2) is 0 Å². The van der Waals surface area contributed by atoms with Crippen LogP contribution in [0.4, 0.5) is 0 Å². The van der Waals surface area contributed by atoms with Crippen LogP contribution in [0.25, 0.3) is 0 Å². The van der Waals surface area contributed by atoms with Gasteiger partial charge in [0.1, 0.15) is 0 Å². The van der Waals surface area contributed by atoms with Gasteiger partial charge >= 0.3 is 29.6 Å². The molecular weight excluding hydrogens is 135 g/mol. The average molecular weight is 154 g/mol. The molecule has 0 aliphatic carbocycles. The fourth-order valence-electron chi connectivity index (χ4n) is 0.775. The van der Waals surface area contributed by atoms with Crippen molar-refractivity contribution in [2.75, 3.05) is 13.2 Å². The Balaban J connectivity index is 0. The molecule has 0 saturated carbocycles. The second-order valence-electron chi connectivity index (χ2n) is 2.26. The second kappa shape index (κ2) is 12.6. The van der Waals surface area contributed by atoms with Gasteiger partial charge in [0.2, 0.25) is 0 Å². The number of ether oxygens (including phenoxy) is 1. The molecule has 0 rings (SSSR count). The zero-order chi connectivity index (χ0) is 6.95. The molecule has 0 heterocycles. The summed E-state index contributed by atoms with van der Waals surface area (Å²) in [7, 11) is 0. The Morgan fingerprint density at radius 2 is 1.70 bits per heavy atom. The Hall–Kier alpha value is 0.960. The van der Waals surface area contributed by atoms with E-state index in [-0.39, 0.29) is 29.6 Å². The van der Waals surface area contributed by atoms with Gasteiger partial charge in [-0.25, -0.2) is 0 Å². The number of rotatable bonds is 6. The van der Waals surface area contributed by atoms with Gasteiger partial charge in [-0.2, -0.15) is 0 Å². The van der Waals surface area contributed by atoms with Crippen molar-refractivity contribution in [2.45, 2.75) is 39.5 Å². The summed E-state index contributed by atoms with van der Waals surface area (Å²) in [4.78, 5) is 0. The first kappa shape index (κ1) is 13.5. The van der Waals surface area contributed by atoms with Gasteiger partial charge in [-0.05, 0) is 13.3 Å². The van der Waals surface area contributed by atoms with Gasteiger partial charge in [0.25, 0.3) is 0 Å². The standard InChI is InChI=1S/C8H18O.Na.H/c1-3-5-6-7-8-9-4-2;;/h3-8H2,1-2H3;;. The van der Waals surface area contributed by atoms with Crippen molar-refractivity contribution in [2.24, 2.45) is 0 Å². The van der Waals surface area contributed by atoms with Crippen LogP contribution in [-0.2, 0) is 4.74 Å². The second-order valence-corrected chi connectivity index (χ2v) is 2.26. The average Bonchev–Trinajstić information content (AvgIpc) is 1.89. The molecule has 0 fully saturated rings. The van der Waals surface area contributed by atoms with E-state index >= 15 is 0 Å². The molecule has 0 N–H and O–H groups in total. The van der Waals surface area contributed by atoms with Crippen LogP contribution < -0.4 is 0 Å². The summed E-state index contributed by atoms with van der Waals surface area (Å²) in [6.07, 6.45) is 5.23. The summed E-state index contributed by atoms with van der Waals surface area (Å²) in [5.41, 5.74) is 0. The molecule has 1 nitrogen and oxygen atoms in total. The van der Waals surface area contributed by atoms with Gasteiger partial charge in [-0.3, -0.25) is 0 Å². The van der Waals surface area contributed by atoms with E-state index in [1.54, 1.807) is 0 Å². The van der Waals surface area contributed by atoms with Crippen LogP contribution in [0.2, 0.25) is 0 Å². The maximum atomic E-state index is 5.18. The van der Waals surface area contributed by atoms with E-state index in [0.717, 1.165) is 13.2 Å². The zero-order valence-corrected chi connectivity index (χ0v) is 6.65. The predicted molar refractivity (Wildman–Crippen MR) is 47.8 cm³/mol. The Morgan fingerprint density at radius 1 is 1.00 bits per heavy atom. The van der Waals surface area contributed by atoms with Crippen LogP contribution in [0.3, 0.4) is 0 Å². The molecule has 0 aliphatic heterocycles. The van der Waals surface area contributed by atoms with Gasteiger partial charge in [-0.15, -0.1) is 0 Å². The fraction of sp³-hybridized carbons (Fsp3) is 1.00. The van der Waals surface area contributed by atoms with Crippen molar-refractivity contribution >= 4 is 29.6 Å². The molecule has 0 aliphatic rings. The Labute approximate surface area is 86.8 Å². The van der Waals surface area contributed by atoms with Crippen molar-refractivity contribution in [3.05, 3.63) is 0 Å². The van der Waals surface area contributed by atoms with Crippen LogP contribution in [0.5, 0.6) is 0 Å². The van der Waals surface area contributed by atoms with E-state index in [4.69, 9.17) is 4.74 Å². The summed E-state index contributed by atoms with van der Waals surface area (Å²) in [5.74, 6) is 0. The maximum absolute atomic E-state index is 5.18. The third-order valence-corrected chi connectivity index (χ3v) is 1.35. The third-order valence-electron chi connectivity index (χ3n) is 1.35. The monoisotopic (exact) mass is 154 g/mol. The van der Waals surface area contributed by atoms with Crippen LogP contribution in [0, 0.1) is 0 Å². The number of hydrogen-bond donors (Lipinski definition) is 0. The topological polar surface area (TPSA) is 9.23 Å². The number of hydrogen-bond acceptors (Lipinski definition) is 1. The van der Waals surface area contributed by atoms with E-state index in [2.05, 4.69) is 6.92 Å². The van der Waals surface area contributed by atoms with Crippen molar-refractivity contribution < 1.29 is 4.74 Å². The molecule has 0 atom stereocenters. The third kappa shape index (κ3) is 11.7. The molecule has 0 aromatic heterocycles. The molecule has 2 heteroatoms. The van der Waals surface area contributed by atoms with Crippen molar-refractivity contribution in [1.82, 2.24) is 0 Å². The molecule has 0 bridgehead atoms. The van der Waals surface area contributed by atoms with E-state index in [1.165, 1.54) is 25.7 Å². The predicted octanol–water partition coefficient (Wildman–Crippen LogP) is 1.95. The summed E-state index contributed by atoms with van der Waals surface area (Å²) < 4.78 is 5.18. The molecule has 0 radical (unpaired) electrons. The fourth-order valence-corrected chi connectivity index (χ4v) is 0.775. The van der Waals surface area contributed by atoms with Crippen molar-refractivity contribution in [1.29, 1.82) is 0 Å². The van der Waals surface area contributed by atoms with Crippen molar-refractivity contribution in [3.8, 4) is 0 Å². The van der Waals surface area contributed by atoms with Crippen LogP contribution in [0.15, 0.2) is 0 Å². The van der Waals surface area contributed by atoms with Crippen LogP contribution >= 0.6 is 0 Å². The molecule has 0 aromatic rings. The first-order valence-electron chi connectivity index (χ1n) is 3.99. The molecule has 0 unspecified atom stereocenters. The quantitative estimate of drug-likeness (QED) is 0.420. The normalized spacial score (nSPS) is 9.00. The van der Waals surface area contributed by atoms with Crippen LogP contribution in [0.1, 0.15) is 39.5 Å². The van der Waals surface area contributed by atoms with Crippen molar-refractivity contribution in [3.63, 3.8) is 0 Å². The minimum absolute atomic E-state index is 0.